The molecule has 1 aliphatic rings. The first-order valence-corrected chi connectivity index (χ1v) is 7.35. The van der Waals surface area contributed by atoms with Gasteiger partial charge in [-0.05, 0) is 25.5 Å². The van der Waals surface area contributed by atoms with E-state index < -0.39 is 17.9 Å². The molecule has 2 aromatic heterocycles. The van der Waals surface area contributed by atoms with Crippen LogP contribution in [0.1, 0.15) is 22.6 Å². The van der Waals surface area contributed by atoms with Crippen LogP contribution in [-0.4, -0.2) is 51.8 Å². The van der Waals surface area contributed by atoms with Gasteiger partial charge < -0.3 is 16.0 Å². The molecule has 1 aliphatic heterocycles. The fourth-order valence-corrected chi connectivity index (χ4v) is 2.99. The fourth-order valence-electron chi connectivity index (χ4n) is 2.99. The van der Waals surface area contributed by atoms with E-state index in [4.69, 9.17) is 5.73 Å². The van der Waals surface area contributed by atoms with Gasteiger partial charge in [-0.15, -0.1) is 0 Å². The van der Waals surface area contributed by atoms with E-state index in [1.807, 2.05) is 0 Å². The quantitative estimate of drug-likeness (QED) is 0.819. The SMILES string of the molecule is CNC(=O)[C@@H]1C[C@H](N)CN1C(=O)c1nc2cccc(C)n2c1F. The van der Waals surface area contributed by atoms with E-state index in [-0.39, 0.29) is 24.2 Å². The first-order chi connectivity index (χ1) is 10.9. The number of carbonyl (C=O) groups is 2. The standard InChI is InChI=1S/C15H18FN5O2/c1-8-4-3-5-11-19-12(13(16)21(8)11)15(23)20-7-9(17)6-10(20)14(22)18-2/h3-5,9-10H,6-7,17H2,1-2H3,(H,18,22)/t9-,10-/m0/s1. The second-order valence-electron chi connectivity index (χ2n) is 5.70. The van der Waals surface area contributed by atoms with Crippen LogP contribution in [0.5, 0.6) is 0 Å². The van der Waals surface area contributed by atoms with Crippen molar-refractivity contribution < 1.29 is 14.0 Å². The third-order valence-electron chi connectivity index (χ3n) is 4.13. The molecule has 0 spiro atoms. The summed E-state index contributed by atoms with van der Waals surface area (Å²) in [5, 5.41) is 2.51. The van der Waals surface area contributed by atoms with Crippen molar-refractivity contribution in [3.05, 3.63) is 35.5 Å². The number of halogens is 1. The summed E-state index contributed by atoms with van der Waals surface area (Å²) in [6.45, 7) is 1.92. The monoisotopic (exact) mass is 319 g/mol. The van der Waals surface area contributed by atoms with Gasteiger partial charge in [-0.2, -0.15) is 4.39 Å². The van der Waals surface area contributed by atoms with Gasteiger partial charge in [0.05, 0.1) is 0 Å². The number of nitrogens with zero attached hydrogens (tertiary/aromatic N) is 3. The number of amides is 2. The number of pyridine rings is 1. The average Bonchev–Trinajstić information content (AvgIpc) is 3.07. The number of aromatic nitrogens is 2. The van der Waals surface area contributed by atoms with E-state index in [0.29, 0.717) is 17.8 Å². The van der Waals surface area contributed by atoms with Gasteiger partial charge in [0.2, 0.25) is 11.9 Å². The minimum atomic E-state index is -0.723. The molecule has 0 radical (unpaired) electrons. The van der Waals surface area contributed by atoms with Gasteiger partial charge >= 0.3 is 0 Å². The number of nitrogens with two attached hydrogens (primary N) is 1. The van der Waals surface area contributed by atoms with Crippen molar-refractivity contribution >= 4 is 17.5 Å². The van der Waals surface area contributed by atoms with Crippen molar-refractivity contribution in [2.24, 2.45) is 5.73 Å². The molecule has 2 aromatic rings. The summed E-state index contributed by atoms with van der Waals surface area (Å²) in [7, 11) is 1.49. The zero-order valence-electron chi connectivity index (χ0n) is 12.9. The number of rotatable bonds is 2. The van der Waals surface area contributed by atoms with Crippen LogP contribution in [0, 0.1) is 12.9 Å². The molecular formula is C15H18FN5O2. The van der Waals surface area contributed by atoms with Crippen LogP contribution in [0.3, 0.4) is 0 Å². The number of hydrogen-bond donors (Lipinski definition) is 2. The molecule has 0 aliphatic carbocycles. The molecule has 2 atom stereocenters. The fraction of sp³-hybridized carbons (Fsp3) is 0.400. The highest BCUT2D eigenvalue weighted by Crippen LogP contribution is 2.22. The lowest BCUT2D eigenvalue weighted by atomic mass is 10.1. The molecule has 0 unspecified atom stereocenters. The Hall–Kier alpha value is -2.48. The highest BCUT2D eigenvalue weighted by molar-refractivity contribution is 5.97. The van der Waals surface area contributed by atoms with Crippen molar-refractivity contribution in [1.29, 1.82) is 0 Å². The maximum absolute atomic E-state index is 14.6. The summed E-state index contributed by atoms with van der Waals surface area (Å²) in [4.78, 5) is 30.0. The van der Waals surface area contributed by atoms with E-state index in [2.05, 4.69) is 10.3 Å². The Morgan fingerprint density at radius 1 is 1.43 bits per heavy atom. The van der Waals surface area contributed by atoms with Gasteiger partial charge in [-0.25, -0.2) is 4.98 Å². The summed E-state index contributed by atoms with van der Waals surface area (Å²) < 4.78 is 15.9. The van der Waals surface area contributed by atoms with Crippen LogP contribution < -0.4 is 11.1 Å². The van der Waals surface area contributed by atoms with Gasteiger partial charge in [0.25, 0.3) is 5.91 Å². The molecule has 1 fully saturated rings. The average molecular weight is 319 g/mol. The Morgan fingerprint density at radius 3 is 2.83 bits per heavy atom. The molecule has 3 heterocycles. The van der Waals surface area contributed by atoms with Crippen LogP contribution in [0.25, 0.3) is 5.65 Å². The third kappa shape index (κ3) is 2.44. The van der Waals surface area contributed by atoms with Gasteiger partial charge in [-0.3, -0.25) is 14.0 Å². The maximum Gasteiger partial charge on any atom is 0.277 e. The molecule has 0 saturated carbocycles. The number of aryl methyl sites for hydroxylation is 1. The lowest BCUT2D eigenvalue weighted by Gasteiger charge is -2.22. The lowest BCUT2D eigenvalue weighted by Crippen LogP contribution is -2.45. The molecule has 0 bridgehead atoms. The predicted octanol–water partition coefficient (Wildman–Crippen LogP) is 0.0696. The van der Waals surface area contributed by atoms with Gasteiger partial charge in [0.1, 0.15) is 11.7 Å². The van der Waals surface area contributed by atoms with Crippen LogP contribution >= 0.6 is 0 Å². The molecule has 8 heteroatoms. The van der Waals surface area contributed by atoms with Crippen LogP contribution in [0.4, 0.5) is 4.39 Å². The van der Waals surface area contributed by atoms with E-state index in [9.17, 15) is 14.0 Å². The smallest absolute Gasteiger partial charge is 0.277 e. The van der Waals surface area contributed by atoms with Crippen molar-refractivity contribution in [3.8, 4) is 0 Å². The number of imidazole rings is 1. The lowest BCUT2D eigenvalue weighted by molar-refractivity contribution is -0.124. The Bertz CT molecular complexity index is 788. The normalized spacial score (nSPS) is 21.0. The number of hydrogen-bond acceptors (Lipinski definition) is 4. The summed E-state index contributed by atoms with van der Waals surface area (Å²) in [5.74, 6) is -1.65. The highest BCUT2D eigenvalue weighted by Gasteiger charge is 2.40. The number of likely N-dealkylation sites (tertiary alicyclic amines) is 1. The Balaban J connectivity index is 2.01. The van der Waals surface area contributed by atoms with Crippen molar-refractivity contribution in [3.63, 3.8) is 0 Å². The molecular weight excluding hydrogens is 301 g/mol. The Morgan fingerprint density at radius 2 is 2.17 bits per heavy atom. The molecule has 2 amide bonds. The number of fused-ring (bicyclic) bond motifs is 1. The van der Waals surface area contributed by atoms with Gasteiger partial charge in [0.15, 0.2) is 5.69 Å². The molecule has 3 rings (SSSR count). The van der Waals surface area contributed by atoms with Crippen LogP contribution in [0.15, 0.2) is 18.2 Å². The Labute approximate surface area is 132 Å². The number of carbonyl (C=O) groups excluding carboxylic acids is 2. The highest BCUT2D eigenvalue weighted by atomic mass is 19.1. The summed E-state index contributed by atoms with van der Waals surface area (Å²) in [5.41, 5.74) is 6.56. The van der Waals surface area contributed by atoms with Crippen molar-refractivity contribution in [2.45, 2.75) is 25.4 Å². The minimum absolute atomic E-state index is 0.198. The molecule has 1 saturated heterocycles. The minimum Gasteiger partial charge on any atom is -0.357 e. The first-order valence-electron chi connectivity index (χ1n) is 7.35. The van der Waals surface area contributed by atoms with E-state index in [1.54, 1.807) is 25.1 Å². The largest absolute Gasteiger partial charge is 0.357 e. The zero-order chi connectivity index (χ0) is 16.7. The zero-order valence-corrected chi connectivity index (χ0v) is 12.9. The van der Waals surface area contributed by atoms with E-state index in [1.165, 1.54) is 16.3 Å². The topological polar surface area (TPSA) is 92.7 Å². The molecule has 7 nitrogen and oxygen atoms in total. The molecule has 0 aromatic carbocycles. The third-order valence-corrected chi connectivity index (χ3v) is 4.13. The molecule has 3 N–H and O–H groups in total. The number of nitrogens with one attached hydrogen (secondary N) is 1. The summed E-state index contributed by atoms with van der Waals surface area (Å²) >= 11 is 0. The Kier molecular flexibility index (Phi) is 3.77. The van der Waals surface area contributed by atoms with E-state index in [0.717, 1.165) is 0 Å². The predicted molar refractivity (Wildman–Crippen MR) is 81.4 cm³/mol. The molecule has 122 valence electrons. The van der Waals surface area contributed by atoms with Gasteiger partial charge in [0, 0.05) is 25.3 Å². The summed E-state index contributed by atoms with van der Waals surface area (Å²) in [6.07, 6.45) is 0.347. The summed E-state index contributed by atoms with van der Waals surface area (Å²) in [6, 6.07) is 4.07. The maximum atomic E-state index is 14.6. The molecule has 23 heavy (non-hydrogen) atoms. The second-order valence-corrected chi connectivity index (χ2v) is 5.70. The first kappa shape index (κ1) is 15.4. The second kappa shape index (κ2) is 5.62. The van der Waals surface area contributed by atoms with Gasteiger partial charge in [-0.1, -0.05) is 6.07 Å². The van der Waals surface area contributed by atoms with Crippen molar-refractivity contribution in [1.82, 2.24) is 19.6 Å². The van der Waals surface area contributed by atoms with Crippen molar-refractivity contribution in [2.75, 3.05) is 13.6 Å². The van der Waals surface area contributed by atoms with Crippen LogP contribution in [0.2, 0.25) is 0 Å². The number of likely N-dealkylation sites (N-methyl/N-ethyl adjacent to an activating group) is 1. The van der Waals surface area contributed by atoms with E-state index >= 15 is 0 Å². The van der Waals surface area contributed by atoms with Crippen LogP contribution in [-0.2, 0) is 4.79 Å².